The number of methoxy groups -OCH3 is 1. The molecule has 180 valence electrons. The number of aromatic nitrogens is 5. The van der Waals surface area contributed by atoms with Crippen LogP contribution in [0.4, 0.5) is 5.82 Å². The van der Waals surface area contributed by atoms with Crippen molar-refractivity contribution in [2.24, 2.45) is 6.98 Å². The fraction of sp³-hybridized carbons (Fsp3) is 0.520. The number of hydrogen-bond donors (Lipinski definition) is 1. The Labute approximate surface area is 204 Å². The zero-order valence-electron chi connectivity index (χ0n) is 23.1. The van der Waals surface area contributed by atoms with Crippen molar-refractivity contribution in [3.63, 3.8) is 0 Å². The van der Waals surface area contributed by atoms with E-state index >= 15 is 0 Å². The Morgan fingerprint density at radius 3 is 2.74 bits per heavy atom. The van der Waals surface area contributed by atoms with E-state index in [1.807, 2.05) is 12.1 Å². The first-order valence-corrected chi connectivity index (χ1v) is 11.5. The fourth-order valence-electron chi connectivity index (χ4n) is 5.01. The number of aryl methyl sites for hydroxylation is 1. The van der Waals surface area contributed by atoms with Crippen LogP contribution in [0, 0.1) is 0 Å². The Morgan fingerprint density at radius 2 is 2.06 bits per heavy atom. The number of anilines is 1. The van der Waals surface area contributed by atoms with Crippen LogP contribution in [0.15, 0.2) is 36.8 Å². The minimum absolute atomic E-state index is 0.0220. The smallest absolute Gasteiger partial charge is 0.188 e. The molecule has 1 saturated heterocycles. The van der Waals surface area contributed by atoms with Gasteiger partial charge in [-0.25, -0.2) is 4.98 Å². The highest BCUT2D eigenvalue weighted by Crippen LogP contribution is 2.47. The van der Waals surface area contributed by atoms with Gasteiger partial charge in [-0.05, 0) is 57.7 Å². The molecule has 2 fully saturated rings. The maximum absolute atomic E-state index is 7.54. The topological polar surface area (TPSA) is 90.2 Å². The van der Waals surface area contributed by atoms with Gasteiger partial charge >= 0.3 is 0 Å². The summed E-state index contributed by atoms with van der Waals surface area (Å²) in [6.07, 6.45) is 9.19. The molecule has 1 spiro atoms. The Hall–Kier alpha value is -3.04. The van der Waals surface area contributed by atoms with E-state index in [0.29, 0.717) is 34.3 Å². The summed E-state index contributed by atoms with van der Waals surface area (Å²) in [6.45, 7) is 2.21. The lowest BCUT2D eigenvalue weighted by molar-refractivity contribution is 0.0513. The van der Waals surface area contributed by atoms with E-state index in [2.05, 4.69) is 51.4 Å². The lowest BCUT2D eigenvalue weighted by atomic mass is 9.83. The summed E-state index contributed by atoms with van der Waals surface area (Å²) in [5.74, 6) is 1.27. The van der Waals surface area contributed by atoms with Crippen molar-refractivity contribution in [1.82, 2.24) is 30.3 Å². The van der Waals surface area contributed by atoms with Crippen LogP contribution in [0.5, 0.6) is 5.75 Å². The van der Waals surface area contributed by atoms with Crippen molar-refractivity contribution in [3.05, 3.63) is 36.8 Å². The highest BCUT2D eigenvalue weighted by molar-refractivity contribution is 5.70. The second-order valence-electron chi connectivity index (χ2n) is 10.0. The van der Waals surface area contributed by atoms with Crippen LogP contribution in [-0.2, 0) is 11.7 Å². The van der Waals surface area contributed by atoms with Crippen molar-refractivity contribution < 1.29 is 13.6 Å². The normalized spacial score (nSPS) is 22.0. The summed E-state index contributed by atoms with van der Waals surface area (Å²) in [5, 5.41) is 16.8. The summed E-state index contributed by atoms with van der Waals surface area (Å²) >= 11 is 0. The van der Waals surface area contributed by atoms with Gasteiger partial charge in [0.1, 0.15) is 11.4 Å². The van der Waals surface area contributed by atoms with E-state index in [1.165, 1.54) is 32.3 Å². The molecule has 0 aromatic carbocycles. The lowest BCUT2D eigenvalue weighted by Crippen LogP contribution is -2.58. The van der Waals surface area contributed by atoms with Gasteiger partial charge in [-0.3, -0.25) is 4.68 Å². The van der Waals surface area contributed by atoms with Gasteiger partial charge in [0.2, 0.25) is 0 Å². The quantitative estimate of drug-likeness (QED) is 0.530. The van der Waals surface area contributed by atoms with Crippen molar-refractivity contribution in [3.8, 4) is 28.3 Å². The molecule has 1 unspecified atom stereocenters. The Balaban J connectivity index is 1.39. The van der Waals surface area contributed by atoms with Crippen molar-refractivity contribution in [2.45, 2.75) is 56.7 Å². The van der Waals surface area contributed by atoms with Gasteiger partial charge in [0.15, 0.2) is 18.4 Å². The Kier molecular flexibility index (Phi) is 4.89. The van der Waals surface area contributed by atoms with E-state index < -0.39 is 6.98 Å². The van der Waals surface area contributed by atoms with Gasteiger partial charge in [-0.1, -0.05) is 0 Å². The van der Waals surface area contributed by atoms with E-state index in [1.54, 1.807) is 12.3 Å². The highest BCUT2D eigenvalue weighted by atomic mass is 16.7. The van der Waals surface area contributed by atoms with Crippen LogP contribution in [0.3, 0.4) is 0 Å². The third-order valence-corrected chi connectivity index (χ3v) is 6.73. The zero-order chi connectivity index (χ0) is 26.4. The van der Waals surface area contributed by atoms with Crippen LogP contribution in [0.2, 0.25) is 0 Å². The van der Waals surface area contributed by atoms with Gasteiger partial charge in [0.25, 0.3) is 0 Å². The number of piperidine rings is 1. The lowest BCUT2D eigenvalue weighted by Gasteiger charge is -2.45. The minimum atomic E-state index is -2.35. The molecule has 34 heavy (non-hydrogen) atoms. The van der Waals surface area contributed by atoms with Crippen molar-refractivity contribution in [1.29, 1.82) is 0 Å². The Bertz CT molecular complexity index is 1250. The third-order valence-electron chi connectivity index (χ3n) is 6.73. The number of pyridine rings is 1. The average molecular weight is 467 g/mol. The van der Waals surface area contributed by atoms with E-state index in [0.717, 1.165) is 23.3 Å². The molecule has 3 aromatic rings. The van der Waals surface area contributed by atoms with Crippen LogP contribution in [0.25, 0.3) is 22.5 Å². The highest BCUT2D eigenvalue weighted by Gasteiger charge is 2.51. The number of hydrogen-bond acceptors (Lipinski definition) is 8. The predicted octanol–water partition coefficient (Wildman–Crippen LogP) is 3.42. The number of nitrogens with zero attached hydrogens (tertiary/aromatic N) is 6. The maximum Gasteiger partial charge on any atom is 0.188 e. The molecule has 1 aliphatic heterocycles. The van der Waals surface area contributed by atoms with Crippen LogP contribution in [0.1, 0.15) is 43.6 Å². The molecule has 3 aromatic heterocycles. The first kappa shape index (κ1) is 19.3. The molecular formula is C25H33N7O2. The SMILES string of the molecule is [2H]C([2H])([2H])n1cc(-c2cnc(-c3ccc(N(C)C4CC(C)(C)NC5(CC5)C4)nn3)c(OCOC)c2)cn1. The molecule has 1 aliphatic carbocycles. The summed E-state index contributed by atoms with van der Waals surface area (Å²) in [6, 6.07) is 6.02. The summed E-state index contributed by atoms with van der Waals surface area (Å²) in [7, 11) is 3.63. The summed E-state index contributed by atoms with van der Waals surface area (Å²) in [5.41, 5.74) is 2.71. The monoisotopic (exact) mass is 466 g/mol. The first-order valence-electron chi connectivity index (χ1n) is 13.0. The molecule has 0 radical (unpaired) electrons. The molecule has 1 saturated carbocycles. The zero-order valence-corrected chi connectivity index (χ0v) is 20.1. The Morgan fingerprint density at radius 1 is 1.21 bits per heavy atom. The third kappa shape index (κ3) is 4.63. The molecule has 0 bridgehead atoms. The van der Waals surface area contributed by atoms with Crippen LogP contribution < -0.4 is 15.0 Å². The van der Waals surface area contributed by atoms with Gasteiger partial charge in [-0.15, -0.1) is 10.2 Å². The minimum Gasteiger partial charge on any atom is -0.465 e. The molecule has 2 aliphatic rings. The van der Waals surface area contributed by atoms with Gasteiger partial charge < -0.3 is 19.7 Å². The molecule has 9 heteroatoms. The fourth-order valence-corrected chi connectivity index (χ4v) is 5.01. The predicted molar refractivity (Wildman–Crippen MR) is 131 cm³/mol. The molecule has 9 nitrogen and oxygen atoms in total. The summed E-state index contributed by atoms with van der Waals surface area (Å²) in [4.78, 5) is 6.81. The van der Waals surface area contributed by atoms with E-state index in [-0.39, 0.29) is 17.9 Å². The molecule has 1 atom stereocenters. The van der Waals surface area contributed by atoms with Crippen LogP contribution >= 0.6 is 0 Å². The van der Waals surface area contributed by atoms with E-state index in [4.69, 9.17) is 13.6 Å². The second-order valence-corrected chi connectivity index (χ2v) is 10.0. The van der Waals surface area contributed by atoms with Gasteiger partial charge in [0.05, 0.1) is 6.20 Å². The largest absolute Gasteiger partial charge is 0.465 e. The molecule has 1 N–H and O–H groups in total. The average Bonchev–Trinajstić information content (AvgIpc) is 3.37. The van der Waals surface area contributed by atoms with Gasteiger partial charge in [0, 0.05) is 65.9 Å². The number of nitrogens with one attached hydrogen (secondary N) is 1. The molecular weight excluding hydrogens is 430 g/mol. The van der Waals surface area contributed by atoms with Gasteiger partial charge in [-0.2, -0.15) is 5.10 Å². The maximum atomic E-state index is 7.54. The number of ether oxygens (including phenoxy) is 2. The van der Waals surface area contributed by atoms with Crippen molar-refractivity contribution >= 4 is 5.82 Å². The first-order chi connectivity index (χ1) is 17.5. The molecule has 0 amide bonds. The van der Waals surface area contributed by atoms with Crippen LogP contribution in [-0.4, -0.2) is 63.0 Å². The number of rotatable bonds is 7. The second kappa shape index (κ2) is 8.63. The summed E-state index contributed by atoms with van der Waals surface area (Å²) < 4.78 is 34.5. The van der Waals surface area contributed by atoms with Crippen molar-refractivity contribution in [2.75, 3.05) is 25.9 Å². The van der Waals surface area contributed by atoms with E-state index in [9.17, 15) is 0 Å². The standard InChI is InChI=1S/C25H33N7O2/c1-24(2)11-19(12-25(30-24)8-9-25)32(4)22-7-6-20(28-29-22)23-21(34-16-33-5)10-17(13-26-23)18-14-27-31(3)15-18/h6-7,10,13-15,19,30H,8-9,11-12,16H2,1-5H3/i3D3. The molecule has 4 heterocycles. The molecule has 5 rings (SSSR count).